The summed E-state index contributed by atoms with van der Waals surface area (Å²) >= 11 is 1.78. The van der Waals surface area contributed by atoms with Gasteiger partial charge in [0.25, 0.3) is 0 Å². The van der Waals surface area contributed by atoms with Crippen molar-refractivity contribution in [3.05, 3.63) is 45.4 Å². The Bertz CT molecular complexity index is 590. The van der Waals surface area contributed by atoms with E-state index >= 15 is 0 Å². The van der Waals surface area contributed by atoms with Crippen LogP contribution in [0.4, 0.5) is 0 Å². The van der Waals surface area contributed by atoms with Gasteiger partial charge in [0.05, 0.1) is 5.69 Å². The predicted octanol–water partition coefficient (Wildman–Crippen LogP) is 3.63. The summed E-state index contributed by atoms with van der Waals surface area (Å²) in [7, 11) is 1.99. The van der Waals surface area contributed by atoms with Crippen LogP contribution in [0.5, 0.6) is 5.75 Å². The molecule has 1 heterocycles. The lowest BCUT2D eigenvalue weighted by atomic mass is 10.2. The SMILES string of the molecule is CNCc1sc(COc2ccccc2C)nc1C1CC1. The Morgan fingerprint density at radius 2 is 2.15 bits per heavy atom. The Kier molecular flexibility index (Phi) is 4.03. The van der Waals surface area contributed by atoms with Crippen LogP contribution in [0.1, 0.15) is 39.9 Å². The first-order valence-electron chi connectivity index (χ1n) is 7.09. The third-order valence-electron chi connectivity index (χ3n) is 3.52. The summed E-state index contributed by atoms with van der Waals surface area (Å²) < 4.78 is 5.90. The molecule has 1 aliphatic carbocycles. The van der Waals surface area contributed by atoms with Crippen molar-refractivity contribution >= 4 is 11.3 Å². The number of hydrogen-bond donors (Lipinski definition) is 1. The summed E-state index contributed by atoms with van der Waals surface area (Å²) in [5, 5.41) is 4.32. The number of hydrogen-bond acceptors (Lipinski definition) is 4. The van der Waals surface area contributed by atoms with Crippen LogP contribution in [0.15, 0.2) is 24.3 Å². The van der Waals surface area contributed by atoms with E-state index in [2.05, 4.69) is 18.3 Å². The molecule has 1 aliphatic rings. The fraction of sp³-hybridized carbons (Fsp3) is 0.438. The fourth-order valence-electron chi connectivity index (χ4n) is 2.30. The summed E-state index contributed by atoms with van der Waals surface area (Å²) in [6.45, 7) is 3.55. The zero-order chi connectivity index (χ0) is 13.9. The number of benzene rings is 1. The second-order valence-electron chi connectivity index (χ2n) is 5.27. The maximum atomic E-state index is 5.90. The monoisotopic (exact) mass is 288 g/mol. The molecule has 1 saturated carbocycles. The zero-order valence-electron chi connectivity index (χ0n) is 12.0. The number of rotatable bonds is 6. The van der Waals surface area contributed by atoms with Gasteiger partial charge in [-0.15, -0.1) is 11.3 Å². The fourth-order valence-corrected chi connectivity index (χ4v) is 3.38. The minimum atomic E-state index is 0.568. The number of thiazole rings is 1. The van der Waals surface area contributed by atoms with Crippen molar-refractivity contribution in [2.75, 3.05) is 7.05 Å². The highest BCUT2D eigenvalue weighted by atomic mass is 32.1. The van der Waals surface area contributed by atoms with Crippen LogP contribution in [-0.2, 0) is 13.2 Å². The van der Waals surface area contributed by atoms with Crippen LogP contribution in [0.2, 0.25) is 0 Å². The third-order valence-corrected chi connectivity index (χ3v) is 4.56. The molecule has 1 N–H and O–H groups in total. The molecule has 0 unspecified atom stereocenters. The molecule has 1 fully saturated rings. The highest BCUT2D eigenvalue weighted by Gasteiger charge is 2.29. The van der Waals surface area contributed by atoms with Gasteiger partial charge in [-0.1, -0.05) is 18.2 Å². The number of aromatic nitrogens is 1. The van der Waals surface area contributed by atoms with E-state index in [0.29, 0.717) is 12.5 Å². The summed E-state index contributed by atoms with van der Waals surface area (Å²) in [6, 6.07) is 8.12. The second kappa shape index (κ2) is 5.94. The van der Waals surface area contributed by atoms with Crippen LogP contribution in [-0.4, -0.2) is 12.0 Å². The molecular formula is C16H20N2OS. The van der Waals surface area contributed by atoms with E-state index in [1.54, 1.807) is 11.3 Å². The van der Waals surface area contributed by atoms with Crippen molar-refractivity contribution in [1.82, 2.24) is 10.3 Å². The van der Waals surface area contributed by atoms with E-state index in [-0.39, 0.29) is 0 Å². The van der Waals surface area contributed by atoms with Crippen LogP contribution in [0.3, 0.4) is 0 Å². The second-order valence-corrected chi connectivity index (χ2v) is 6.44. The maximum Gasteiger partial charge on any atom is 0.140 e. The first kappa shape index (κ1) is 13.6. The van der Waals surface area contributed by atoms with E-state index in [0.717, 1.165) is 17.3 Å². The third kappa shape index (κ3) is 3.02. The molecule has 20 heavy (non-hydrogen) atoms. The number of nitrogens with one attached hydrogen (secondary N) is 1. The number of ether oxygens (including phenoxy) is 1. The smallest absolute Gasteiger partial charge is 0.140 e. The van der Waals surface area contributed by atoms with Crippen LogP contribution in [0.25, 0.3) is 0 Å². The van der Waals surface area contributed by atoms with Crippen molar-refractivity contribution in [2.24, 2.45) is 0 Å². The van der Waals surface area contributed by atoms with Crippen molar-refractivity contribution in [1.29, 1.82) is 0 Å². The van der Waals surface area contributed by atoms with Gasteiger partial charge in [-0.3, -0.25) is 0 Å². The van der Waals surface area contributed by atoms with Gasteiger partial charge in [0.15, 0.2) is 0 Å². The molecule has 3 nitrogen and oxygen atoms in total. The first-order valence-corrected chi connectivity index (χ1v) is 7.91. The van der Waals surface area contributed by atoms with Crippen LogP contribution in [0, 0.1) is 6.92 Å². The largest absolute Gasteiger partial charge is 0.486 e. The highest BCUT2D eigenvalue weighted by Crippen LogP contribution is 2.42. The maximum absolute atomic E-state index is 5.90. The van der Waals surface area contributed by atoms with Gasteiger partial charge in [0, 0.05) is 17.3 Å². The molecule has 4 heteroatoms. The van der Waals surface area contributed by atoms with E-state index in [1.165, 1.54) is 29.0 Å². The molecule has 106 valence electrons. The van der Waals surface area contributed by atoms with E-state index < -0.39 is 0 Å². The Morgan fingerprint density at radius 3 is 2.85 bits per heavy atom. The lowest BCUT2D eigenvalue weighted by Gasteiger charge is -2.06. The lowest BCUT2D eigenvalue weighted by molar-refractivity contribution is 0.303. The van der Waals surface area contributed by atoms with Crippen molar-refractivity contribution in [3.63, 3.8) is 0 Å². The number of aryl methyl sites for hydroxylation is 1. The Balaban J connectivity index is 1.71. The average molecular weight is 288 g/mol. The van der Waals surface area contributed by atoms with Gasteiger partial charge in [-0.25, -0.2) is 4.98 Å². The molecule has 0 amide bonds. The molecule has 0 bridgehead atoms. The summed E-state index contributed by atoms with van der Waals surface area (Å²) in [5.41, 5.74) is 2.47. The number of para-hydroxylation sites is 1. The first-order chi connectivity index (χ1) is 9.78. The van der Waals surface area contributed by atoms with Crippen molar-refractivity contribution < 1.29 is 4.74 Å². The van der Waals surface area contributed by atoms with Crippen molar-refractivity contribution in [3.8, 4) is 5.75 Å². The number of nitrogens with zero attached hydrogens (tertiary/aromatic N) is 1. The molecule has 0 saturated heterocycles. The molecule has 2 aromatic rings. The molecule has 0 spiro atoms. The van der Waals surface area contributed by atoms with Gasteiger partial charge in [0.1, 0.15) is 17.4 Å². The Hall–Kier alpha value is -1.39. The molecule has 0 atom stereocenters. The van der Waals surface area contributed by atoms with Crippen LogP contribution >= 0.6 is 11.3 Å². The Labute approximate surface area is 124 Å². The highest BCUT2D eigenvalue weighted by molar-refractivity contribution is 7.11. The predicted molar refractivity (Wildman–Crippen MR) is 82.4 cm³/mol. The van der Waals surface area contributed by atoms with Gasteiger partial charge < -0.3 is 10.1 Å². The van der Waals surface area contributed by atoms with Gasteiger partial charge in [0.2, 0.25) is 0 Å². The van der Waals surface area contributed by atoms with Gasteiger partial charge in [-0.05, 0) is 38.4 Å². The minimum Gasteiger partial charge on any atom is -0.486 e. The molecule has 0 radical (unpaired) electrons. The van der Waals surface area contributed by atoms with E-state index in [1.807, 2.05) is 25.2 Å². The van der Waals surface area contributed by atoms with E-state index in [9.17, 15) is 0 Å². The topological polar surface area (TPSA) is 34.1 Å². The molecular weight excluding hydrogens is 268 g/mol. The lowest BCUT2D eigenvalue weighted by Crippen LogP contribution is -2.05. The molecule has 1 aromatic carbocycles. The quantitative estimate of drug-likeness (QED) is 0.881. The minimum absolute atomic E-state index is 0.568. The van der Waals surface area contributed by atoms with E-state index in [4.69, 9.17) is 9.72 Å². The standard InChI is InChI=1S/C16H20N2OS/c1-11-5-3-4-6-13(11)19-10-15-18-16(12-7-8-12)14(20-15)9-17-2/h3-6,12,17H,7-10H2,1-2H3. The molecule has 1 aromatic heterocycles. The van der Waals surface area contributed by atoms with Gasteiger partial charge >= 0.3 is 0 Å². The normalized spacial score (nSPS) is 14.5. The van der Waals surface area contributed by atoms with Crippen LogP contribution < -0.4 is 10.1 Å². The molecule has 3 rings (SSSR count). The zero-order valence-corrected chi connectivity index (χ0v) is 12.8. The molecule has 0 aliphatic heterocycles. The van der Waals surface area contributed by atoms with Gasteiger partial charge in [-0.2, -0.15) is 0 Å². The Morgan fingerprint density at radius 1 is 1.35 bits per heavy atom. The average Bonchev–Trinajstić information content (AvgIpc) is 3.21. The summed E-state index contributed by atoms with van der Waals surface area (Å²) in [4.78, 5) is 6.16. The summed E-state index contributed by atoms with van der Waals surface area (Å²) in [6.07, 6.45) is 2.58. The summed E-state index contributed by atoms with van der Waals surface area (Å²) in [5.74, 6) is 1.65. The van der Waals surface area contributed by atoms with Crippen molar-refractivity contribution in [2.45, 2.75) is 38.8 Å².